The lowest BCUT2D eigenvalue weighted by atomic mass is 10.2. The fraction of sp³-hybridized carbons (Fsp3) is 0.400. The van der Waals surface area contributed by atoms with Gasteiger partial charge in [-0.2, -0.15) is 0 Å². The molecule has 1 aliphatic rings. The maximum Gasteiger partial charge on any atom is 0.159 e. The number of hydrogen-bond donors (Lipinski definition) is 1. The van der Waals surface area contributed by atoms with Crippen molar-refractivity contribution in [3.8, 4) is 11.4 Å². The van der Waals surface area contributed by atoms with E-state index in [2.05, 4.69) is 25.2 Å². The molecule has 4 rings (SSSR count). The summed E-state index contributed by atoms with van der Waals surface area (Å²) in [5, 5.41) is 18.7. The van der Waals surface area contributed by atoms with E-state index in [1.807, 2.05) is 43.5 Å². The van der Waals surface area contributed by atoms with E-state index in [0.29, 0.717) is 23.9 Å². The van der Waals surface area contributed by atoms with Gasteiger partial charge in [-0.05, 0) is 56.6 Å². The number of nitrogens with zero attached hydrogens (tertiary/aromatic N) is 6. The van der Waals surface area contributed by atoms with Gasteiger partial charge in [0.15, 0.2) is 5.82 Å². The summed E-state index contributed by atoms with van der Waals surface area (Å²) < 4.78 is 1.80. The molecule has 8 heteroatoms. The normalized spacial score (nSPS) is 17.3. The van der Waals surface area contributed by atoms with Crippen LogP contribution in [-0.4, -0.2) is 54.2 Å². The predicted molar refractivity (Wildman–Crippen MR) is 107 cm³/mol. The van der Waals surface area contributed by atoms with Crippen LogP contribution in [0.3, 0.4) is 0 Å². The van der Waals surface area contributed by atoms with Crippen molar-refractivity contribution in [1.82, 2.24) is 29.9 Å². The molecule has 1 N–H and O–H groups in total. The zero-order valence-corrected chi connectivity index (χ0v) is 16.5. The minimum atomic E-state index is 0.196. The number of aromatic nitrogens is 5. The van der Waals surface area contributed by atoms with Gasteiger partial charge < -0.3 is 5.11 Å². The average molecular weight is 399 g/mol. The number of aliphatic hydroxyl groups excluding tert-OH is 1. The Morgan fingerprint density at radius 2 is 1.96 bits per heavy atom. The standard InChI is InChI=1S/C20H23ClN6O/c1-14-9-17(23-20(22-14)15-4-6-16(21)7-5-15)11-27-12-18(24-25-27)10-26-8-2-3-19(26)13-28/h4-7,9,12,19,28H,2-3,8,10-11,13H2,1H3. The topological polar surface area (TPSA) is 80.0 Å². The molecule has 0 aliphatic carbocycles. The zero-order valence-electron chi connectivity index (χ0n) is 15.8. The molecule has 0 bridgehead atoms. The Bertz CT molecular complexity index is 942. The number of aryl methyl sites for hydroxylation is 1. The van der Waals surface area contributed by atoms with Crippen molar-refractivity contribution in [2.75, 3.05) is 13.2 Å². The lowest BCUT2D eigenvalue weighted by molar-refractivity contribution is 0.152. The van der Waals surface area contributed by atoms with Gasteiger partial charge in [0.1, 0.15) is 0 Å². The molecule has 0 amide bonds. The van der Waals surface area contributed by atoms with Gasteiger partial charge in [-0.3, -0.25) is 4.90 Å². The summed E-state index contributed by atoms with van der Waals surface area (Å²) in [4.78, 5) is 11.5. The fourth-order valence-electron chi connectivity index (χ4n) is 3.62. The molecule has 0 radical (unpaired) electrons. The van der Waals surface area contributed by atoms with Crippen LogP contribution in [0.15, 0.2) is 36.5 Å². The third kappa shape index (κ3) is 4.38. The SMILES string of the molecule is Cc1cc(Cn2cc(CN3CCCC3CO)nn2)nc(-c2ccc(Cl)cc2)n1. The van der Waals surface area contributed by atoms with Gasteiger partial charge in [0.05, 0.1) is 30.7 Å². The zero-order chi connectivity index (χ0) is 19.5. The Morgan fingerprint density at radius 3 is 2.75 bits per heavy atom. The first-order valence-corrected chi connectivity index (χ1v) is 9.83. The largest absolute Gasteiger partial charge is 0.395 e. The second-order valence-electron chi connectivity index (χ2n) is 7.19. The lowest BCUT2D eigenvalue weighted by Crippen LogP contribution is -2.31. The smallest absolute Gasteiger partial charge is 0.159 e. The van der Waals surface area contributed by atoms with Crippen molar-refractivity contribution >= 4 is 11.6 Å². The molecule has 1 aromatic carbocycles. The number of likely N-dealkylation sites (tertiary alicyclic amines) is 1. The van der Waals surface area contributed by atoms with Gasteiger partial charge in [0, 0.05) is 28.9 Å². The molecule has 7 nitrogen and oxygen atoms in total. The quantitative estimate of drug-likeness (QED) is 0.687. The first-order valence-electron chi connectivity index (χ1n) is 9.45. The highest BCUT2D eigenvalue weighted by molar-refractivity contribution is 6.30. The van der Waals surface area contributed by atoms with Crippen molar-refractivity contribution in [2.45, 2.75) is 38.9 Å². The molecule has 1 saturated heterocycles. The van der Waals surface area contributed by atoms with Crippen LogP contribution in [0.4, 0.5) is 0 Å². The van der Waals surface area contributed by atoms with Gasteiger partial charge in [-0.25, -0.2) is 14.6 Å². The number of benzene rings is 1. The number of rotatable bonds is 6. The maximum atomic E-state index is 9.47. The number of aliphatic hydroxyl groups is 1. The van der Waals surface area contributed by atoms with Crippen LogP contribution in [0.5, 0.6) is 0 Å². The van der Waals surface area contributed by atoms with E-state index in [9.17, 15) is 5.11 Å². The van der Waals surface area contributed by atoms with Gasteiger partial charge in [0.25, 0.3) is 0 Å². The van der Waals surface area contributed by atoms with Crippen molar-refractivity contribution in [1.29, 1.82) is 0 Å². The first-order chi connectivity index (χ1) is 13.6. The van der Waals surface area contributed by atoms with Gasteiger partial charge >= 0.3 is 0 Å². The summed E-state index contributed by atoms with van der Waals surface area (Å²) in [7, 11) is 0. The maximum absolute atomic E-state index is 9.47. The fourth-order valence-corrected chi connectivity index (χ4v) is 3.74. The second-order valence-corrected chi connectivity index (χ2v) is 7.62. The van der Waals surface area contributed by atoms with E-state index in [-0.39, 0.29) is 12.6 Å². The van der Waals surface area contributed by atoms with Crippen LogP contribution < -0.4 is 0 Å². The monoisotopic (exact) mass is 398 g/mol. The van der Waals surface area contributed by atoms with E-state index in [1.54, 1.807) is 4.68 Å². The highest BCUT2D eigenvalue weighted by Gasteiger charge is 2.24. The first kappa shape index (κ1) is 19.0. The average Bonchev–Trinajstić information content (AvgIpc) is 3.31. The molecule has 3 heterocycles. The van der Waals surface area contributed by atoms with Crippen molar-refractivity contribution in [3.63, 3.8) is 0 Å². The third-order valence-electron chi connectivity index (χ3n) is 4.99. The van der Waals surface area contributed by atoms with Gasteiger partial charge in [-0.15, -0.1) is 5.10 Å². The molecule has 1 unspecified atom stereocenters. The van der Waals surface area contributed by atoms with Crippen LogP contribution in [0.25, 0.3) is 11.4 Å². The van der Waals surface area contributed by atoms with E-state index in [4.69, 9.17) is 11.6 Å². The van der Waals surface area contributed by atoms with E-state index >= 15 is 0 Å². The Balaban J connectivity index is 1.49. The number of hydrogen-bond acceptors (Lipinski definition) is 6. The highest BCUT2D eigenvalue weighted by Crippen LogP contribution is 2.20. The predicted octanol–water partition coefficient (Wildman–Crippen LogP) is 2.70. The molecule has 146 valence electrons. The summed E-state index contributed by atoms with van der Waals surface area (Å²) in [6.45, 7) is 4.39. The Kier molecular flexibility index (Phi) is 5.66. The molecule has 0 spiro atoms. The van der Waals surface area contributed by atoms with Crippen LogP contribution >= 0.6 is 11.6 Å². The summed E-state index contributed by atoms with van der Waals surface area (Å²) in [5.74, 6) is 0.676. The van der Waals surface area contributed by atoms with Crippen molar-refractivity contribution in [3.05, 3.63) is 58.6 Å². The Hall–Kier alpha value is -2.35. The minimum absolute atomic E-state index is 0.196. The Morgan fingerprint density at radius 1 is 1.14 bits per heavy atom. The highest BCUT2D eigenvalue weighted by atomic mass is 35.5. The molecular weight excluding hydrogens is 376 g/mol. The minimum Gasteiger partial charge on any atom is -0.395 e. The van der Waals surface area contributed by atoms with Gasteiger partial charge in [-0.1, -0.05) is 16.8 Å². The van der Waals surface area contributed by atoms with E-state index < -0.39 is 0 Å². The molecule has 2 aromatic heterocycles. The van der Waals surface area contributed by atoms with E-state index in [1.165, 1.54) is 0 Å². The molecule has 28 heavy (non-hydrogen) atoms. The molecule has 3 aromatic rings. The molecule has 1 aliphatic heterocycles. The van der Waals surface area contributed by atoms with Crippen molar-refractivity contribution in [2.24, 2.45) is 0 Å². The summed E-state index contributed by atoms with van der Waals surface area (Å²) in [5.41, 5.74) is 3.61. The van der Waals surface area contributed by atoms with Crippen LogP contribution in [0.2, 0.25) is 5.02 Å². The summed E-state index contributed by atoms with van der Waals surface area (Å²) >= 11 is 5.97. The Labute approximate surface area is 169 Å². The second kappa shape index (κ2) is 8.34. The molecule has 0 saturated carbocycles. The molecular formula is C20H23ClN6O. The number of halogens is 1. The van der Waals surface area contributed by atoms with Gasteiger partial charge in [0.2, 0.25) is 0 Å². The van der Waals surface area contributed by atoms with Crippen LogP contribution in [0.1, 0.15) is 29.9 Å². The van der Waals surface area contributed by atoms with Crippen LogP contribution in [0, 0.1) is 6.92 Å². The molecule has 1 fully saturated rings. The lowest BCUT2D eigenvalue weighted by Gasteiger charge is -2.20. The summed E-state index contributed by atoms with van der Waals surface area (Å²) in [6.07, 6.45) is 4.11. The third-order valence-corrected chi connectivity index (χ3v) is 5.25. The molecule has 1 atom stereocenters. The summed E-state index contributed by atoms with van der Waals surface area (Å²) in [6, 6.07) is 9.71. The van der Waals surface area contributed by atoms with E-state index in [0.717, 1.165) is 42.0 Å². The van der Waals surface area contributed by atoms with Crippen molar-refractivity contribution < 1.29 is 5.11 Å². The van der Waals surface area contributed by atoms with Crippen LogP contribution in [-0.2, 0) is 13.1 Å².